The topological polar surface area (TPSA) is 40.2 Å². The molecule has 5 nitrogen and oxygen atoms in total. The highest BCUT2D eigenvalue weighted by Crippen LogP contribution is 2.35. The first-order valence-corrected chi connectivity index (χ1v) is 12.6. The van der Waals surface area contributed by atoms with E-state index in [0.717, 1.165) is 60.2 Å². The fourth-order valence-electron chi connectivity index (χ4n) is 4.69. The smallest absolute Gasteiger partial charge is 0.162 e. The molecular formula is C32H33NO4. The summed E-state index contributed by atoms with van der Waals surface area (Å²) in [4.78, 5) is 2.46. The maximum Gasteiger partial charge on any atom is 0.162 e. The van der Waals surface area contributed by atoms with Crippen molar-refractivity contribution in [1.82, 2.24) is 4.90 Å². The zero-order valence-corrected chi connectivity index (χ0v) is 21.5. The first-order valence-electron chi connectivity index (χ1n) is 12.6. The lowest BCUT2D eigenvalue weighted by atomic mass is 9.98. The molecule has 0 saturated carbocycles. The zero-order chi connectivity index (χ0) is 25.5. The van der Waals surface area contributed by atoms with Crippen molar-refractivity contribution in [2.75, 3.05) is 20.8 Å². The van der Waals surface area contributed by atoms with Crippen LogP contribution in [0.3, 0.4) is 0 Å². The first kappa shape index (κ1) is 24.7. The lowest BCUT2D eigenvalue weighted by molar-refractivity contribution is 0.240. The van der Waals surface area contributed by atoms with Gasteiger partial charge in [0.05, 0.1) is 14.2 Å². The molecule has 0 N–H and O–H groups in total. The lowest BCUT2D eigenvalue weighted by Crippen LogP contribution is -2.30. The number of ether oxygens (including phenoxy) is 4. The Bertz CT molecular complexity index is 1310. The van der Waals surface area contributed by atoms with Crippen LogP contribution in [0.2, 0.25) is 0 Å². The molecule has 37 heavy (non-hydrogen) atoms. The quantitative estimate of drug-likeness (QED) is 0.254. The van der Waals surface area contributed by atoms with Gasteiger partial charge in [0, 0.05) is 19.6 Å². The molecule has 0 unspecified atom stereocenters. The third-order valence-electron chi connectivity index (χ3n) is 6.69. The second-order valence-corrected chi connectivity index (χ2v) is 9.27. The SMILES string of the molecule is COc1ccc(CN2CCc3cc(OC)c(OCc4ccccc4)cc3C2)cc1OCc1ccccc1. The monoisotopic (exact) mass is 495 g/mol. The molecule has 0 aromatic heterocycles. The number of fused-ring (bicyclic) bond motifs is 1. The molecule has 0 radical (unpaired) electrons. The Kier molecular flexibility index (Phi) is 7.92. The molecule has 4 aromatic carbocycles. The van der Waals surface area contributed by atoms with E-state index >= 15 is 0 Å². The summed E-state index contributed by atoms with van der Waals surface area (Å²) in [7, 11) is 3.38. The maximum absolute atomic E-state index is 6.16. The summed E-state index contributed by atoms with van der Waals surface area (Å²) < 4.78 is 23.5. The summed E-state index contributed by atoms with van der Waals surface area (Å²) in [5.74, 6) is 3.09. The van der Waals surface area contributed by atoms with Crippen molar-refractivity contribution in [2.45, 2.75) is 32.7 Å². The molecule has 1 aliphatic heterocycles. The molecule has 4 aromatic rings. The molecule has 0 amide bonds. The van der Waals surface area contributed by atoms with Gasteiger partial charge in [0.2, 0.25) is 0 Å². The molecule has 5 rings (SSSR count). The van der Waals surface area contributed by atoms with Crippen LogP contribution in [0.1, 0.15) is 27.8 Å². The predicted octanol–water partition coefficient (Wildman–Crippen LogP) is 6.42. The molecular weight excluding hydrogens is 462 g/mol. The molecule has 1 aliphatic rings. The van der Waals surface area contributed by atoms with E-state index in [1.807, 2.05) is 42.5 Å². The van der Waals surface area contributed by atoms with Crippen molar-refractivity contribution in [2.24, 2.45) is 0 Å². The van der Waals surface area contributed by atoms with Gasteiger partial charge >= 0.3 is 0 Å². The van der Waals surface area contributed by atoms with E-state index in [9.17, 15) is 0 Å². The number of benzene rings is 4. The molecule has 190 valence electrons. The Morgan fingerprint density at radius 1 is 0.595 bits per heavy atom. The fraction of sp³-hybridized carbons (Fsp3) is 0.250. The third-order valence-corrected chi connectivity index (χ3v) is 6.69. The van der Waals surface area contributed by atoms with Crippen molar-refractivity contribution < 1.29 is 18.9 Å². The van der Waals surface area contributed by atoms with Gasteiger partial charge in [0.1, 0.15) is 13.2 Å². The molecule has 5 heteroatoms. The van der Waals surface area contributed by atoms with E-state index in [1.54, 1.807) is 14.2 Å². The van der Waals surface area contributed by atoms with E-state index in [-0.39, 0.29) is 0 Å². The van der Waals surface area contributed by atoms with Gasteiger partial charge in [0.25, 0.3) is 0 Å². The van der Waals surface area contributed by atoms with Crippen molar-refractivity contribution in [3.05, 3.63) is 119 Å². The van der Waals surface area contributed by atoms with Crippen molar-refractivity contribution in [1.29, 1.82) is 0 Å². The Balaban J connectivity index is 1.27. The minimum atomic E-state index is 0.505. The fourth-order valence-corrected chi connectivity index (χ4v) is 4.69. The average Bonchev–Trinajstić information content (AvgIpc) is 2.95. The second-order valence-electron chi connectivity index (χ2n) is 9.27. The van der Waals surface area contributed by atoms with Crippen LogP contribution in [0.4, 0.5) is 0 Å². The van der Waals surface area contributed by atoms with Gasteiger partial charge in [-0.2, -0.15) is 0 Å². The molecule has 0 atom stereocenters. The minimum absolute atomic E-state index is 0.505. The van der Waals surface area contributed by atoms with Crippen molar-refractivity contribution >= 4 is 0 Å². The average molecular weight is 496 g/mol. The largest absolute Gasteiger partial charge is 0.493 e. The highest BCUT2D eigenvalue weighted by molar-refractivity contribution is 5.48. The van der Waals surface area contributed by atoms with Gasteiger partial charge in [-0.25, -0.2) is 0 Å². The maximum atomic E-state index is 6.16. The summed E-state index contributed by atoms with van der Waals surface area (Å²) in [6.07, 6.45) is 0.970. The van der Waals surface area contributed by atoms with Crippen LogP contribution >= 0.6 is 0 Å². The number of hydrogen-bond acceptors (Lipinski definition) is 5. The zero-order valence-electron chi connectivity index (χ0n) is 21.5. The highest BCUT2D eigenvalue weighted by atomic mass is 16.5. The predicted molar refractivity (Wildman–Crippen MR) is 145 cm³/mol. The van der Waals surface area contributed by atoms with E-state index in [0.29, 0.717) is 13.2 Å². The second kappa shape index (κ2) is 11.8. The van der Waals surface area contributed by atoms with Crippen LogP contribution in [0.15, 0.2) is 91.0 Å². The molecule has 1 heterocycles. The van der Waals surface area contributed by atoms with E-state index in [4.69, 9.17) is 18.9 Å². The van der Waals surface area contributed by atoms with Gasteiger partial charge < -0.3 is 18.9 Å². The van der Waals surface area contributed by atoms with E-state index < -0.39 is 0 Å². The highest BCUT2D eigenvalue weighted by Gasteiger charge is 2.20. The van der Waals surface area contributed by atoms with Crippen LogP contribution in [0.5, 0.6) is 23.0 Å². The summed E-state index contributed by atoms with van der Waals surface area (Å²) in [5, 5.41) is 0. The Hall–Kier alpha value is -3.96. The first-order chi connectivity index (χ1) is 18.2. The summed E-state index contributed by atoms with van der Waals surface area (Å²) in [5.41, 5.74) is 6.06. The molecule has 0 saturated heterocycles. The lowest BCUT2D eigenvalue weighted by Gasteiger charge is -2.30. The Morgan fingerprint density at radius 3 is 1.81 bits per heavy atom. The normalized spacial score (nSPS) is 13.0. The van der Waals surface area contributed by atoms with Crippen LogP contribution in [0, 0.1) is 0 Å². The van der Waals surface area contributed by atoms with Crippen LogP contribution < -0.4 is 18.9 Å². The van der Waals surface area contributed by atoms with Crippen molar-refractivity contribution in [3.63, 3.8) is 0 Å². The third kappa shape index (κ3) is 6.25. The molecule has 0 bridgehead atoms. The van der Waals surface area contributed by atoms with Gasteiger partial charge in [-0.05, 0) is 58.5 Å². The molecule has 0 spiro atoms. The molecule has 0 aliphatic carbocycles. The van der Waals surface area contributed by atoms with Crippen LogP contribution in [0.25, 0.3) is 0 Å². The van der Waals surface area contributed by atoms with Gasteiger partial charge in [-0.15, -0.1) is 0 Å². The van der Waals surface area contributed by atoms with Gasteiger partial charge in [-0.3, -0.25) is 4.90 Å². The molecule has 0 fully saturated rings. The Labute approximate surface area is 219 Å². The van der Waals surface area contributed by atoms with E-state index in [2.05, 4.69) is 53.4 Å². The number of hydrogen-bond donors (Lipinski definition) is 0. The number of methoxy groups -OCH3 is 2. The van der Waals surface area contributed by atoms with Gasteiger partial charge in [0.15, 0.2) is 23.0 Å². The van der Waals surface area contributed by atoms with Gasteiger partial charge in [-0.1, -0.05) is 66.7 Å². The number of rotatable bonds is 10. The van der Waals surface area contributed by atoms with E-state index in [1.165, 1.54) is 16.7 Å². The van der Waals surface area contributed by atoms with Crippen LogP contribution in [-0.4, -0.2) is 25.7 Å². The standard InChI is InChI=1S/C32H33NO4/c1-34-29-14-13-26(17-31(29)36-22-24-9-5-3-6-10-24)20-33-16-15-27-18-30(35-2)32(19-28(27)21-33)37-23-25-11-7-4-8-12-25/h3-14,17-19H,15-16,20-23H2,1-2H3. The minimum Gasteiger partial charge on any atom is -0.493 e. The summed E-state index contributed by atoms with van der Waals surface area (Å²) in [6.45, 7) is 3.68. The van der Waals surface area contributed by atoms with Crippen LogP contribution in [-0.2, 0) is 32.7 Å². The van der Waals surface area contributed by atoms with Crippen molar-refractivity contribution in [3.8, 4) is 23.0 Å². The Morgan fingerprint density at radius 2 is 1.19 bits per heavy atom. The summed E-state index contributed by atoms with van der Waals surface area (Å²) >= 11 is 0. The number of nitrogens with zero attached hydrogens (tertiary/aromatic N) is 1. The summed E-state index contributed by atoms with van der Waals surface area (Å²) in [6, 6.07) is 30.9.